The highest BCUT2D eigenvalue weighted by molar-refractivity contribution is 5.92. The van der Waals surface area contributed by atoms with Crippen molar-refractivity contribution in [1.29, 1.82) is 0 Å². The SMILES string of the molecule is Cc1nn(C(C)C)c(C)c1-c1nc2c(-c3ccc(CNC(=O)c4nc(C(C)(C)C)no4)c(C(F)(F)F)c3)ccnc2[nH]1. The summed E-state index contributed by atoms with van der Waals surface area (Å²) in [6.45, 7) is 13.0. The molecule has 0 saturated carbocycles. The Labute approximate surface area is 239 Å². The van der Waals surface area contributed by atoms with Gasteiger partial charge in [-0.2, -0.15) is 23.3 Å². The Kier molecular flexibility index (Phi) is 7.15. The summed E-state index contributed by atoms with van der Waals surface area (Å²) in [5.74, 6) is -0.223. The van der Waals surface area contributed by atoms with E-state index in [9.17, 15) is 18.0 Å². The van der Waals surface area contributed by atoms with Gasteiger partial charge in [0.05, 0.1) is 16.8 Å². The topological polar surface area (TPSA) is 127 Å². The van der Waals surface area contributed by atoms with Crippen molar-refractivity contribution in [1.82, 2.24) is 40.2 Å². The normalized spacial score (nSPS) is 12.5. The number of hydrogen-bond acceptors (Lipinski definition) is 7. The molecule has 0 fully saturated rings. The van der Waals surface area contributed by atoms with Gasteiger partial charge < -0.3 is 14.8 Å². The van der Waals surface area contributed by atoms with Crippen molar-refractivity contribution < 1.29 is 22.5 Å². The number of hydrogen-bond donors (Lipinski definition) is 2. The van der Waals surface area contributed by atoms with Gasteiger partial charge in [0.25, 0.3) is 0 Å². The van der Waals surface area contributed by atoms with Crippen LogP contribution < -0.4 is 5.32 Å². The Morgan fingerprint density at radius 2 is 1.86 bits per heavy atom. The molecule has 0 saturated heterocycles. The van der Waals surface area contributed by atoms with E-state index in [2.05, 4.69) is 30.5 Å². The molecule has 1 amide bonds. The van der Waals surface area contributed by atoms with Crippen molar-refractivity contribution in [2.75, 3.05) is 0 Å². The number of imidazole rings is 1. The molecule has 4 aromatic heterocycles. The summed E-state index contributed by atoms with van der Waals surface area (Å²) in [5, 5.41) is 10.9. The lowest BCUT2D eigenvalue weighted by atomic mass is 9.96. The number of nitrogens with one attached hydrogen (secondary N) is 2. The van der Waals surface area contributed by atoms with Gasteiger partial charge in [-0.3, -0.25) is 9.48 Å². The molecule has 0 radical (unpaired) electrons. The molecule has 10 nitrogen and oxygen atoms in total. The van der Waals surface area contributed by atoms with Crippen LogP contribution in [0.4, 0.5) is 13.2 Å². The summed E-state index contributed by atoms with van der Waals surface area (Å²) in [6.07, 6.45) is -3.16. The van der Waals surface area contributed by atoms with Gasteiger partial charge in [-0.25, -0.2) is 9.97 Å². The van der Waals surface area contributed by atoms with Gasteiger partial charge in [-0.05, 0) is 51.0 Å². The Morgan fingerprint density at radius 3 is 2.48 bits per heavy atom. The van der Waals surface area contributed by atoms with Crippen molar-refractivity contribution in [3.05, 3.63) is 64.7 Å². The Balaban J connectivity index is 1.48. The minimum Gasteiger partial charge on any atom is -0.344 e. The third kappa shape index (κ3) is 5.38. The molecule has 0 atom stereocenters. The van der Waals surface area contributed by atoms with Crippen LogP contribution in [0, 0.1) is 13.8 Å². The molecule has 1 aromatic carbocycles. The molecule has 0 bridgehead atoms. The zero-order chi connectivity index (χ0) is 30.6. The first-order valence-corrected chi connectivity index (χ1v) is 13.4. The van der Waals surface area contributed by atoms with E-state index in [0.29, 0.717) is 33.9 Å². The first-order chi connectivity index (χ1) is 19.6. The molecule has 42 heavy (non-hydrogen) atoms. The molecule has 5 rings (SSSR count). The van der Waals surface area contributed by atoms with Gasteiger partial charge in [0.1, 0.15) is 11.3 Å². The average molecular weight is 581 g/mol. The maximum Gasteiger partial charge on any atom is 0.416 e. The number of amides is 1. The molecular formula is C29H31F3N8O2. The van der Waals surface area contributed by atoms with Gasteiger partial charge in [-0.15, -0.1) is 0 Å². The minimum absolute atomic E-state index is 0.115. The van der Waals surface area contributed by atoms with Crippen LogP contribution in [0.3, 0.4) is 0 Å². The standard InChI is InChI=1S/C29H31F3N8O2/c1-14(2)40-16(4)21(15(3)38-40)23-35-22-19(10-11-33-24(22)36-23)17-8-9-18(20(12-17)29(30,31)32)13-34-25(41)26-37-27(39-42-26)28(5,6)7/h8-12,14H,13H2,1-7H3,(H,34,41)(H,33,35,36). The summed E-state index contributed by atoms with van der Waals surface area (Å²) < 4.78 is 49.6. The van der Waals surface area contributed by atoms with Crippen LogP contribution in [0.1, 0.15) is 79.7 Å². The van der Waals surface area contributed by atoms with E-state index in [1.54, 1.807) is 12.1 Å². The summed E-state index contributed by atoms with van der Waals surface area (Å²) in [6, 6.07) is 5.74. The number of aromatic nitrogens is 7. The number of rotatable bonds is 6. The monoisotopic (exact) mass is 580 g/mol. The number of fused-ring (bicyclic) bond motifs is 1. The predicted molar refractivity (Wildman–Crippen MR) is 150 cm³/mol. The van der Waals surface area contributed by atoms with Crippen LogP contribution in [-0.2, 0) is 18.1 Å². The lowest BCUT2D eigenvalue weighted by Gasteiger charge is -2.15. The fourth-order valence-corrected chi connectivity index (χ4v) is 4.80. The molecule has 5 aromatic rings. The van der Waals surface area contributed by atoms with E-state index in [0.717, 1.165) is 23.0 Å². The molecule has 0 aliphatic carbocycles. The summed E-state index contributed by atoms with van der Waals surface area (Å²) in [4.78, 5) is 28.9. The fourth-order valence-electron chi connectivity index (χ4n) is 4.80. The Bertz CT molecular complexity index is 1790. The minimum atomic E-state index is -4.68. The van der Waals surface area contributed by atoms with E-state index in [1.165, 1.54) is 12.3 Å². The molecule has 0 spiro atoms. The smallest absolute Gasteiger partial charge is 0.344 e. The highest BCUT2D eigenvalue weighted by Gasteiger charge is 2.34. The number of aromatic amines is 1. The number of pyridine rings is 1. The van der Waals surface area contributed by atoms with Crippen molar-refractivity contribution in [2.45, 2.75) is 72.6 Å². The second kappa shape index (κ2) is 10.4. The quantitative estimate of drug-likeness (QED) is 0.241. The number of benzene rings is 1. The van der Waals surface area contributed by atoms with Crippen molar-refractivity contribution in [2.24, 2.45) is 0 Å². The lowest BCUT2D eigenvalue weighted by molar-refractivity contribution is -0.138. The van der Waals surface area contributed by atoms with Crippen LogP contribution in [0.5, 0.6) is 0 Å². The first-order valence-electron chi connectivity index (χ1n) is 13.4. The second-order valence-corrected chi connectivity index (χ2v) is 11.5. The lowest BCUT2D eigenvalue weighted by Crippen LogP contribution is -2.25. The number of carbonyl (C=O) groups is 1. The molecular weight excluding hydrogens is 549 g/mol. The van der Waals surface area contributed by atoms with Crippen molar-refractivity contribution in [3.63, 3.8) is 0 Å². The number of H-pyrrole nitrogens is 1. The van der Waals surface area contributed by atoms with Gasteiger partial charge in [0.15, 0.2) is 11.5 Å². The maximum atomic E-state index is 14.2. The van der Waals surface area contributed by atoms with Crippen molar-refractivity contribution in [3.8, 4) is 22.5 Å². The van der Waals surface area contributed by atoms with Crippen LogP contribution in [0.15, 0.2) is 35.0 Å². The van der Waals surface area contributed by atoms with Gasteiger partial charge >= 0.3 is 18.0 Å². The van der Waals surface area contributed by atoms with Crippen molar-refractivity contribution >= 4 is 17.1 Å². The van der Waals surface area contributed by atoms with Crippen LogP contribution >= 0.6 is 0 Å². The van der Waals surface area contributed by atoms with Gasteiger partial charge in [0, 0.05) is 35.5 Å². The fraction of sp³-hybridized carbons (Fsp3) is 0.379. The molecule has 0 aliphatic rings. The van der Waals surface area contributed by atoms with E-state index in [-0.39, 0.29) is 17.5 Å². The van der Waals surface area contributed by atoms with Crippen LogP contribution in [-0.4, -0.2) is 40.8 Å². The average Bonchev–Trinajstić information content (AvgIpc) is 3.63. The molecule has 4 heterocycles. The number of carbonyl (C=O) groups excluding carboxylic acids is 1. The van der Waals surface area contributed by atoms with E-state index in [4.69, 9.17) is 9.51 Å². The molecule has 0 unspecified atom stereocenters. The zero-order valence-corrected chi connectivity index (χ0v) is 24.3. The van der Waals surface area contributed by atoms with Gasteiger partial charge in [-0.1, -0.05) is 38.1 Å². The predicted octanol–water partition coefficient (Wildman–Crippen LogP) is 6.32. The largest absolute Gasteiger partial charge is 0.416 e. The summed E-state index contributed by atoms with van der Waals surface area (Å²) in [7, 11) is 0. The molecule has 2 N–H and O–H groups in total. The van der Waals surface area contributed by atoms with Crippen LogP contribution in [0.25, 0.3) is 33.7 Å². The maximum absolute atomic E-state index is 14.2. The molecule has 0 aliphatic heterocycles. The third-order valence-corrected chi connectivity index (χ3v) is 6.89. The zero-order valence-electron chi connectivity index (χ0n) is 24.3. The Hall–Kier alpha value is -4.55. The van der Waals surface area contributed by atoms with Gasteiger partial charge in [0.2, 0.25) is 0 Å². The second-order valence-electron chi connectivity index (χ2n) is 11.5. The third-order valence-electron chi connectivity index (χ3n) is 6.89. The highest BCUT2D eigenvalue weighted by Crippen LogP contribution is 2.37. The molecule has 220 valence electrons. The number of aryl methyl sites for hydroxylation is 1. The number of alkyl halides is 3. The summed E-state index contributed by atoms with van der Waals surface area (Å²) in [5.41, 5.74) is 2.74. The van der Waals surface area contributed by atoms with E-state index in [1.807, 2.05) is 53.1 Å². The highest BCUT2D eigenvalue weighted by atomic mass is 19.4. The molecule has 13 heteroatoms. The first kappa shape index (κ1) is 29.0. The summed E-state index contributed by atoms with van der Waals surface area (Å²) >= 11 is 0. The number of nitrogens with zero attached hydrogens (tertiary/aromatic N) is 6. The van der Waals surface area contributed by atoms with E-state index >= 15 is 0 Å². The Morgan fingerprint density at radius 1 is 1.12 bits per heavy atom. The number of halogens is 3. The van der Waals surface area contributed by atoms with Crippen LogP contribution in [0.2, 0.25) is 0 Å². The van der Waals surface area contributed by atoms with E-state index < -0.39 is 29.6 Å².